The molecule has 1 aliphatic rings. The molecule has 1 heterocycles. The van der Waals surface area contributed by atoms with E-state index in [-0.39, 0.29) is 17.5 Å². The molecule has 1 saturated heterocycles. The molecule has 6 heteroatoms. The van der Waals surface area contributed by atoms with E-state index in [2.05, 4.69) is 15.9 Å². The molecule has 1 unspecified atom stereocenters. The van der Waals surface area contributed by atoms with Crippen molar-refractivity contribution in [3.63, 3.8) is 0 Å². The van der Waals surface area contributed by atoms with Gasteiger partial charge in [0.2, 0.25) is 5.91 Å². The van der Waals surface area contributed by atoms with Crippen molar-refractivity contribution in [2.24, 2.45) is 5.92 Å². The molecular weight excluding hydrogens is 312 g/mol. The average molecular weight is 327 g/mol. The first-order valence-electron chi connectivity index (χ1n) is 6.20. The highest BCUT2D eigenvalue weighted by atomic mass is 79.9. The molecule has 1 aliphatic heterocycles. The first-order valence-corrected chi connectivity index (χ1v) is 7.00. The quantitative estimate of drug-likeness (QED) is 0.633. The first kappa shape index (κ1) is 14.0. The van der Waals surface area contributed by atoms with E-state index in [1.807, 2.05) is 13.0 Å². The molecule has 2 rings (SSSR count). The first-order chi connectivity index (χ1) is 8.99. The van der Waals surface area contributed by atoms with Gasteiger partial charge in [-0.3, -0.25) is 14.9 Å². The molecule has 1 fully saturated rings. The molecule has 19 heavy (non-hydrogen) atoms. The minimum atomic E-state index is -0.422. The van der Waals surface area contributed by atoms with Gasteiger partial charge in [-0.25, -0.2) is 0 Å². The van der Waals surface area contributed by atoms with Crippen LogP contribution in [0.25, 0.3) is 0 Å². The fourth-order valence-electron chi connectivity index (χ4n) is 2.31. The predicted octanol–water partition coefficient (Wildman–Crippen LogP) is 3.12. The second-order valence-corrected chi connectivity index (χ2v) is 5.70. The van der Waals surface area contributed by atoms with Crippen LogP contribution in [0.15, 0.2) is 22.7 Å². The molecule has 0 aromatic heterocycles. The zero-order chi connectivity index (χ0) is 14.0. The van der Waals surface area contributed by atoms with Gasteiger partial charge >= 0.3 is 0 Å². The summed E-state index contributed by atoms with van der Waals surface area (Å²) in [4.78, 5) is 24.2. The van der Waals surface area contributed by atoms with Gasteiger partial charge in [-0.2, -0.15) is 0 Å². The Hall–Kier alpha value is -1.43. The van der Waals surface area contributed by atoms with Crippen LogP contribution in [0.1, 0.15) is 25.3 Å². The van der Waals surface area contributed by atoms with Crippen molar-refractivity contribution in [1.29, 1.82) is 0 Å². The Morgan fingerprint density at radius 3 is 2.95 bits per heavy atom. The number of likely N-dealkylation sites (tertiary alicyclic amines) is 1. The van der Waals surface area contributed by atoms with Crippen LogP contribution in [0.3, 0.4) is 0 Å². The molecular formula is C13H15BrN2O3. The lowest BCUT2D eigenvalue weighted by Crippen LogP contribution is -2.39. The summed E-state index contributed by atoms with van der Waals surface area (Å²) < 4.78 is 0.458. The third-order valence-corrected chi connectivity index (χ3v) is 4.05. The van der Waals surface area contributed by atoms with E-state index in [0.717, 1.165) is 24.9 Å². The van der Waals surface area contributed by atoms with Crippen LogP contribution in [0.2, 0.25) is 0 Å². The van der Waals surface area contributed by atoms with Gasteiger partial charge < -0.3 is 4.90 Å². The number of rotatable bonds is 3. The van der Waals surface area contributed by atoms with Gasteiger partial charge in [0.15, 0.2) is 0 Å². The minimum Gasteiger partial charge on any atom is -0.338 e. The Bertz CT molecular complexity index is 519. The number of hydrogen-bond acceptors (Lipinski definition) is 3. The molecule has 1 atom stereocenters. The van der Waals surface area contributed by atoms with Gasteiger partial charge in [-0.1, -0.05) is 13.0 Å². The maximum absolute atomic E-state index is 12.0. The lowest BCUT2D eigenvalue weighted by atomic mass is 9.98. The highest BCUT2D eigenvalue weighted by molar-refractivity contribution is 9.10. The van der Waals surface area contributed by atoms with Crippen molar-refractivity contribution in [3.8, 4) is 0 Å². The molecule has 1 aromatic carbocycles. The topological polar surface area (TPSA) is 63.4 Å². The second-order valence-electron chi connectivity index (χ2n) is 4.85. The Morgan fingerprint density at radius 2 is 2.26 bits per heavy atom. The standard InChI is InChI=1S/C13H15BrN2O3/c1-9-3-2-6-15(13(9)17)8-10-4-5-11(14)12(7-10)16(18)19/h4-5,7,9H,2-3,6,8H2,1H3. The van der Waals surface area contributed by atoms with Gasteiger partial charge in [-0.05, 0) is 40.4 Å². The maximum atomic E-state index is 12.0. The zero-order valence-electron chi connectivity index (χ0n) is 10.6. The number of carbonyl (C=O) groups excluding carboxylic acids is 1. The van der Waals surface area contributed by atoms with Crippen molar-refractivity contribution in [3.05, 3.63) is 38.3 Å². The van der Waals surface area contributed by atoms with Crippen molar-refractivity contribution in [2.45, 2.75) is 26.3 Å². The third kappa shape index (κ3) is 3.12. The summed E-state index contributed by atoms with van der Waals surface area (Å²) in [5, 5.41) is 10.9. The van der Waals surface area contributed by atoms with E-state index in [1.165, 1.54) is 6.07 Å². The largest absolute Gasteiger partial charge is 0.338 e. The Balaban J connectivity index is 2.17. The molecule has 1 aromatic rings. The summed E-state index contributed by atoms with van der Waals surface area (Å²) in [6, 6.07) is 4.99. The van der Waals surface area contributed by atoms with Gasteiger partial charge in [0.25, 0.3) is 5.69 Å². The van der Waals surface area contributed by atoms with Crippen molar-refractivity contribution < 1.29 is 9.72 Å². The van der Waals surface area contributed by atoms with E-state index in [4.69, 9.17) is 0 Å². The maximum Gasteiger partial charge on any atom is 0.283 e. The number of hydrogen-bond donors (Lipinski definition) is 0. The van der Waals surface area contributed by atoms with Gasteiger partial charge in [0, 0.05) is 25.1 Å². The van der Waals surface area contributed by atoms with Gasteiger partial charge in [0.1, 0.15) is 0 Å². The molecule has 1 amide bonds. The molecule has 0 saturated carbocycles. The zero-order valence-corrected chi connectivity index (χ0v) is 12.2. The number of nitrogens with zero attached hydrogens (tertiary/aromatic N) is 2. The molecule has 0 bridgehead atoms. The summed E-state index contributed by atoms with van der Waals surface area (Å²) in [7, 11) is 0. The van der Waals surface area contributed by atoms with Gasteiger partial charge in [0.05, 0.1) is 9.40 Å². The fourth-order valence-corrected chi connectivity index (χ4v) is 2.70. The van der Waals surface area contributed by atoms with Crippen molar-refractivity contribution in [2.75, 3.05) is 6.54 Å². The molecule has 0 aliphatic carbocycles. The lowest BCUT2D eigenvalue weighted by Gasteiger charge is -2.30. The normalized spacial score (nSPS) is 19.6. The number of amides is 1. The fraction of sp³-hybridized carbons (Fsp3) is 0.462. The number of carbonyl (C=O) groups is 1. The second kappa shape index (κ2) is 5.69. The summed E-state index contributed by atoms with van der Waals surface area (Å²) in [6.07, 6.45) is 1.92. The molecule has 0 N–H and O–H groups in total. The monoisotopic (exact) mass is 326 g/mol. The average Bonchev–Trinajstić information content (AvgIpc) is 2.37. The lowest BCUT2D eigenvalue weighted by molar-refractivity contribution is -0.385. The third-order valence-electron chi connectivity index (χ3n) is 3.38. The predicted molar refractivity (Wildman–Crippen MR) is 74.6 cm³/mol. The summed E-state index contributed by atoms with van der Waals surface area (Å²) in [5.74, 6) is 0.191. The summed E-state index contributed by atoms with van der Waals surface area (Å²) in [6.45, 7) is 3.10. The Kier molecular flexibility index (Phi) is 4.19. The van der Waals surface area contributed by atoms with Crippen molar-refractivity contribution >= 4 is 27.5 Å². The minimum absolute atomic E-state index is 0.0370. The summed E-state index contributed by atoms with van der Waals surface area (Å²) in [5.41, 5.74) is 0.826. The highest BCUT2D eigenvalue weighted by Gasteiger charge is 2.25. The van der Waals surface area contributed by atoms with Crippen LogP contribution in [-0.2, 0) is 11.3 Å². The number of halogens is 1. The van der Waals surface area contributed by atoms with E-state index >= 15 is 0 Å². The highest BCUT2D eigenvalue weighted by Crippen LogP contribution is 2.27. The van der Waals surface area contributed by atoms with Crippen LogP contribution in [0.4, 0.5) is 5.69 Å². The van der Waals surface area contributed by atoms with Crippen LogP contribution in [0.5, 0.6) is 0 Å². The number of nitro groups is 1. The molecule has 5 nitrogen and oxygen atoms in total. The van der Waals surface area contributed by atoms with E-state index in [0.29, 0.717) is 11.0 Å². The number of benzene rings is 1. The Morgan fingerprint density at radius 1 is 1.53 bits per heavy atom. The van der Waals surface area contributed by atoms with Crippen LogP contribution < -0.4 is 0 Å². The number of nitro benzene ring substituents is 1. The SMILES string of the molecule is CC1CCCN(Cc2ccc(Br)c([N+](=O)[O-])c2)C1=O. The Labute approximate surface area is 119 Å². The number of piperidine rings is 1. The van der Waals surface area contributed by atoms with E-state index in [9.17, 15) is 14.9 Å². The summed E-state index contributed by atoms with van der Waals surface area (Å²) >= 11 is 3.16. The molecule has 102 valence electrons. The van der Waals surface area contributed by atoms with Gasteiger partial charge in [-0.15, -0.1) is 0 Å². The van der Waals surface area contributed by atoms with Crippen LogP contribution in [0, 0.1) is 16.0 Å². The van der Waals surface area contributed by atoms with E-state index < -0.39 is 4.92 Å². The smallest absolute Gasteiger partial charge is 0.283 e. The van der Waals surface area contributed by atoms with E-state index in [1.54, 1.807) is 11.0 Å². The van der Waals surface area contributed by atoms with Crippen LogP contribution in [-0.4, -0.2) is 22.3 Å². The van der Waals surface area contributed by atoms with Crippen molar-refractivity contribution in [1.82, 2.24) is 4.90 Å². The molecule has 0 radical (unpaired) electrons. The van der Waals surface area contributed by atoms with Crippen LogP contribution >= 0.6 is 15.9 Å². The molecule has 0 spiro atoms.